The maximum Gasteiger partial charge on any atom is 0.225 e. The highest BCUT2D eigenvalue weighted by atomic mass is 16.4. The predicted molar refractivity (Wildman–Crippen MR) is 81.7 cm³/mol. The fourth-order valence-electron chi connectivity index (χ4n) is 2.34. The number of nitrogens with two attached hydrogens (primary N) is 1. The first-order valence-electron chi connectivity index (χ1n) is 7.07. The first-order chi connectivity index (χ1) is 10.2. The number of fused-ring (bicyclic) bond motifs is 1. The van der Waals surface area contributed by atoms with E-state index < -0.39 is 12.1 Å². The Morgan fingerprint density at radius 1 is 1.05 bits per heavy atom. The fourth-order valence-corrected chi connectivity index (χ4v) is 2.34. The molecule has 0 aliphatic rings. The summed E-state index contributed by atoms with van der Waals surface area (Å²) in [4.78, 5) is 4.29. The van der Waals surface area contributed by atoms with Gasteiger partial charge in [0.15, 0.2) is 5.58 Å². The fraction of sp³-hybridized carbons (Fsp3) is 0.235. The molecule has 3 aromatic rings. The van der Waals surface area contributed by atoms with Gasteiger partial charge in [-0.2, -0.15) is 0 Å². The molecule has 1 aromatic heterocycles. The monoisotopic (exact) mass is 282 g/mol. The molecule has 108 valence electrons. The Labute approximate surface area is 123 Å². The van der Waals surface area contributed by atoms with E-state index in [4.69, 9.17) is 10.2 Å². The van der Waals surface area contributed by atoms with Crippen molar-refractivity contribution in [1.82, 2.24) is 4.98 Å². The Morgan fingerprint density at radius 3 is 2.52 bits per heavy atom. The Hall–Kier alpha value is -2.17. The average molecular weight is 282 g/mol. The van der Waals surface area contributed by atoms with E-state index in [0.717, 1.165) is 11.9 Å². The number of benzene rings is 2. The van der Waals surface area contributed by atoms with Gasteiger partial charge in [-0.25, -0.2) is 4.98 Å². The van der Waals surface area contributed by atoms with Crippen LogP contribution in [0.15, 0.2) is 59.0 Å². The largest absolute Gasteiger partial charge is 0.438 e. The second-order valence-electron chi connectivity index (χ2n) is 5.15. The molecule has 4 heteroatoms. The number of aryl methyl sites for hydroxylation is 1. The second kappa shape index (κ2) is 6.08. The smallest absolute Gasteiger partial charge is 0.225 e. The summed E-state index contributed by atoms with van der Waals surface area (Å²) in [7, 11) is 0. The molecule has 0 aliphatic heterocycles. The van der Waals surface area contributed by atoms with Gasteiger partial charge in [-0.3, -0.25) is 0 Å². The highest BCUT2D eigenvalue weighted by Gasteiger charge is 2.22. The van der Waals surface area contributed by atoms with E-state index in [1.165, 1.54) is 5.56 Å². The highest BCUT2D eigenvalue weighted by molar-refractivity contribution is 5.72. The van der Waals surface area contributed by atoms with E-state index in [0.29, 0.717) is 12.0 Å². The molecule has 0 spiro atoms. The number of para-hydroxylation sites is 2. The van der Waals surface area contributed by atoms with Crippen molar-refractivity contribution < 1.29 is 9.52 Å². The zero-order chi connectivity index (χ0) is 14.7. The molecule has 2 atom stereocenters. The van der Waals surface area contributed by atoms with E-state index in [9.17, 15) is 5.11 Å². The summed E-state index contributed by atoms with van der Waals surface area (Å²) in [5.41, 5.74) is 8.68. The van der Waals surface area contributed by atoms with Gasteiger partial charge >= 0.3 is 0 Å². The van der Waals surface area contributed by atoms with Crippen molar-refractivity contribution in [3.8, 4) is 0 Å². The first-order valence-corrected chi connectivity index (χ1v) is 7.07. The lowest BCUT2D eigenvalue weighted by Gasteiger charge is -2.15. The van der Waals surface area contributed by atoms with Crippen LogP contribution in [0.25, 0.3) is 11.1 Å². The number of aliphatic hydroxyl groups excluding tert-OH is 1. The van der Waals surface area contributed by atoms with Crippen molar-refractivity contribution in [2.24, 2.45) is 5.73 Å². The molecule has 3 N–H and O–H groups in total. The lowest BCUT2D eigenvalue weighted by Crippen LogP contribution is -2.29. The molecule has 21 heavy (non-hydrogen) atoms. The van der Waals surface area contributed by atoms with Gasteiger partial charge in [-0.15, -0.1) is 0 Å². The molecule has 0 bridgehead atoms. The zero-order valence-electron chi connectivity index (χ0n) is 11.6. The second-order valence-corrected chi connectivity index (χ2v) is 5.15. The summed E-state index contributed by atoms with van der Waals surface area (Å²) in [5.74, 6) is 0.289. The third kappa shape index (κ3) is 3.12. The van der Waals surface area contributed by atoms with Gasteiger partial charge in [-0.1, -0.05) is 42.5 Å². The normalized spacial score (nSPS) is 14.2. The van der Waals surface area contributed by atoms with Crippen LogP contribution in [0.1, 0.15) is 24.0 Å². The van der Waals surface area contributed by atoms with Crippen molar-refractivity contribution in [2.75, 3.05) is 0 Å². The van der Waals surface area contributed by atoms with Gasteiger partial charge < -0.3 is 15.3 Å². The van der Waals surface area contributed by atoms with Gasteiger partial charge in [0, 0.05) is 6.04 Å². The van der Waals surface area contributed by atoms with Crippen molar-refractivity contribution in [2.45, 2.75) is 25.0 Å². The van der Waals surface area contributed by atoms with Crippen LogP contribution in [-0.4, -0.2) is 16.1 Å². The number of aliphatic hydroxyl groups is 1. The van der Waals surface area contributed by atoms with Gasteiger partial charge in [-0.05, 0) is 30.5 Å². The van der Waals surface area contributed by atoms with Crippen LogP contribution in [0.3, 0.4) is 0 Å². The number of oxazole rings is 1. The lowest BCUT2D eigenvalue weighted by molar-refractivity contribution is 0.114. The summed E-state index contributed by atoms with van der Waals surface area (Å²) in [6.07, 6.45) is 0.601. The number of hydrogen-bond donors (Lipinski definition) is 2. The zero-order valence-corrected chi connectivity index (χ0v) is 11.6. The van der Waals surface area contributed by atoms with E-state index in [-0.39, 0.29) is 5.89 Å². The maximum atomic E-state index is 10.3. The number of hydrogen-bond acceptors (Lipinski definition) is 4. The van der Waals surface area contributed by atoms with E-state index in [1.54, 1.807) is 0 Å². The topological polar surface area (TPSA) is 72.3 Å². The molecule has 3 rings (SSSR count). The minimum Gasteiger partial charge on any atom is -0.438 e. The van der Waals surface area contributed by atoms with Crippen LogP contribution < -0.4 is 5.73 Å². The van der Waals surface area contributed by atoms with Crippen LogP contribution >= 0.6 is 0 Å². The highest BCUT2D eigenvalue weighted by Crippen LogP contribution is 2.23. The third-order valence-electron chi connectivity index (χ3n) is 3.58. The molecule has 0 fully saturated rings. The SMILES string of the molecule is N[C@@H](CCc1ccccc1)C(O)c1nc2ccccc2o1. The summed E-state index contributed by atoms with van der Waals surface area (Å²) < 4.78 is 5.56. The lowest BCUT2D eigenvalue weighted by atomic mass is 10.0. The molecule has 1 unspecified atom stereocenters. The van der Waals surface area contributed by atoms with Crippen molar-refractivity contribution >= 4 is 11.1 Å². The summed E-state index contributed by atoms with van der Waals surface area (Å²) in [6, 6.07) is 17.1. The average Bonchev–Trinajstić information content (AvgIpc) is 2.97. The van der Waals surface area contributed by atoms with Gasteiger partial charge in [0.25, 0.3) is 0 Å². The molecular formula is C17H18N2O2. The Balaban J connectivity index is 1.67. The summed E-state index contributed by atoms with van der Waals surface area (Å²) in [6.45, 7) is 0. The molecule has 0 radical (unpaired) electrons. The van der Waals surface area contributed by atoms with Crippen LogP contribution in [0.5, 0.6) is 0 Å². The Bertz CT molecular complexity index is 676. The quantitative estimate of drug-likeness (QED) is 0.754. The first kappa shape index (κ1) is 13.8. The molecule has 0 aliphatic carbocycles. The molecule has 2 aromatic carbocycles. The molecule has 0 saturated heterocycles. The van der Waals surface area contributed by atoms with Crippen LogP contribution in [0, 0.1) is 0 Å². The molecule has 0 saturated carbocycles. The van der Waals surface area contributed by atoms with Crippen molar-refractivity contribution in [1.29, 1.82) is 0 Å². The van der Waals surface area contributed by atoms with Crippen LogP contribution in [0.2, 0.25) is 0 Å². The van der Waals surface area contributed by atoms with E-state index in [1.807, 2.05) is 42.5 Å². The minimum absolute atomic E-state index is 0.289. The number of rotatable bonds is 5. The standard InChI is InChI=1S/C17H18N2O2/c18-13(11-10-12-6-2-1-3-7-12)16(20)17-19-14-8-4-5-9-15(14)21-17/h1-9,13,16,20H,10-11,18H2/t13-,16?/m0/s1. The predicted octanol–water partition coefficient (Wildman–Crippen LogP) is 2.82. The molecule has 0 amide bonds. The van der Waals surface area contributed by atoms with Crippen LogP contribution in [-0.2, 0) is 6.42 Å². The summed E-state index contributed by atoms with van der Waals surface area (Å²) >= 11 is 0. The van der Waals surface area contributed by atoms with Gasteiger partial charge in [0.2, 0.25) is 5.89 Å². The number of nitrogens with zero attached hydrogens (tertiary/aromatic N) is 1. The summed E-state index contributed by atoms with van der Waals surface area (Å²) in [5, 5.41) is 10.3. The molecule has 1 heterocycles. The van der Waals surface area contributed by atoms with E-state index in [2.05, 4.69) is 17.1 Å². The Kier molecular flexibility index (Phi) is 3.99. The maximum absolute atomic E-state index is 10.3. The number of aromatic nitrogens is 1. The van der Waals surface area contributed by atoms with E-state index >= 15 is 0 Å². The van der Waals surface area contributed by atoms with Crippen LogP contribution in [0.4, 0.5) is 0 Å². The molecule has 4 nitrogen and oxygen atoms in total. The van der Waals surface area contributed by atoms with Crippen molar-refractivity contribution in [3.05, 3.63) is 66.1 Å². The van der Waals surface area contributed by atoms with Gasteiger partial charge in [0.05, 0.1) is 0 Å². The van der Waals surface area contributed by atoms with Gasteiger partial charge in [0.1, 0.15) is 11.6 Å². The third-order valence-corrected chi connectivity index (χ3v) is 3.58. The Morgan fingerprint density at radius 2 is 1.76 bits per heavy atom. The molecular weight excluding hydrogens is 264 g/mol. The minimum atomic E-state index is -0.888. The van der Waals surface area contributed by atoms with Crippen molar-refractivity contribution in [3.63, 3.8) is 0 Å².